The number of amides is 1. The van der Waals surface area contributed by atoms with E-state index < -0.39 is 5.91 Å². The summed E-state index contributed by atoms with van der Waals surface area (Å²) < 4.78 is 11.2. The summed E-state index contributed by atoms with van der Waals surface area (Å²) in [4.78, 5) is 15.0. The standard InChI is InChI=1S/C15H21N9O3/c16-13-14(21-27-20-13)24-12(15(25)19-17-10-3-1-2-4-10)11(18-22-24)9-23-5-7-26-8-6-23/h1-9H2,(H2,16,20)(H,19,25). The molecule has 1 aliphatic heterocycles. The summed E-state index contributed by atoms with van der Waals surface area (Å²) >= 11 is 0. The third kappa shape index (κ3) is 3.80. The molecule has 2 aliphatic rings. The van der Waals surface area contributed by atoms with Crippen LogP contribution in [0.5, 0.6) is 0 Å². The molecule has 12 nitrogen and oxygen atoms in total. The van der Waals surface area contributed by atoms with Gasteiger partial charge in [0.15, 0.2) is 5.69 Å². The van der Waals surface area contributed by atoms with Crippen molar-refractivity contribution in [3.63, 3.8) is 0 Å². The first-order chi connectivity index (χ1) is 13.2. The number of nitrogen functional groups attached to an aromatic ring is 1. The molecule has 4 rings (SSSR count). The minimum Gasteiger partial charge on any atom is -0.379 e. The number of hydrogen-bond acceptors (Lipinski definition) is 10. The smallest absolute Gasteiger partial charge is 0.292 e. The number of nitrogens with one attached hydrogen (secondary N) is 1. The molecular weight excluding hydrogens is 354 g/mol. The van der Waals surface area contributed by atoms with E-state index in [0.717, 1.165) is 44.5 Å². The van der Waals surface area contributed by atoms with Gasteiger partial charge in [-0.25, -0.2) is 10.1 Å². The molecular formula is C15H21N9O3. The van der Waals surface area contributed by atoms with Crippen molar-refractivity contribution in [1.29, 1.82) is 0 Å². The Hall–Kier alpha value is -2.86. The van der Waals surface area contributed by atoms with Gasteiger partial charge < -0.3 is 10.5 Å². The average Bonchev–Trinajstić information content (AvgIpc) is 3.42. The lowest BCUT2D eigenvalue weighted by Crippen LogP contribution is -2.36. The maximum absolute atomic E-state index is 12.9. The summed E-state index contributed by atoms with van der Waals surface area (Å²) in [6.45, 7) is 3.24. The van der Waals surface area contributed by atoms with Crippen LogP contribution in [0.4, 0.5) is 5.82 Å². The SMILES string of the molecule is Nc1nonc1-n1nnc(CN2CCOCC2)c1C(=O)NN=C1CCCC1. The Morgan fingerprint density at radius 2 is 2.00 bits per heavy atom. The first-order valence-electron chi connectivity index (χ1n) is 8.91. The van der Waals surface area contributed by atoms with Crippen molar-refractivity contribution in [2.45, 2.75) is 32.2 Å². The van der Waals surface area contributed by atoms with Crippen LogP contribution in [0.15, 0.2) is 9.73 Å². The fraction of sp³-hybridized carbons (Fsp3) is 0.600. The predicted molar refractivity (Wildman–Crippen MR) is 93.1 cm³/mol. The van der Waals surface area contributed by atoms with E-state index in [-0.39, 0.29) is 17.3 Å². The van der Waals surface area contributed by atoms with Crippen LogP contribution >= 0.6 is 0 Å². The molecule has 2 fully saturated rings. The Labute approximate surface area is 154 Å². The zero-order valence-electron chi connectivity index (χ0n) is 14.8. The Kier molecular flexibility index (Phi) is 5.07. The van der Waals surface area contributed by atoms with Crippen LogP contribution < -0.4 is 11.2 Å². The van der Waals surface area contributed by atoms with Gasteiger partial charge in [-0.15, -0.1) is 5.10 Å². The first-order valence-corrected chi connectivity index (χ1v) is 8.91. The van der Waals surface area contributed by atoms with Gasteiger partial charge in [-0.05, 0) is 36.0 Å². The molecule has 0 spiro atoms. The van der Waals surface area contributed by atoms with Crippen molar-refractivity contribution in [1.82, 2.24) is 35.6 Å². The normalized spacial score (nSPS) is 18.0. The number of hydrazone groups is 1. The first kappa shape index (κ1) is 17.5. The lowest BCUT2D eigenvalue weighted by Gasteiger charge is -2.25. The Bertz CT molecular complexity index is 829. The Balaban J connectivity index is 1.62. The monoisotopic (exact) mass is 375 g/mol. The van der Waals surface area contributed by atoms with Gasteiger partial charge in [-0.3, -0.25) is 9.69 Å². The molecule has 2 aromatic heterocycles. The number of hydrogen-bond donors (Lipinski definition) is 2. The van der Waals surface area contributed by atoms with E-state index in [9.17, 15) is 4.79 Å². The molecule has 1 saturated heterocycles. The third-order valence-corrected chi connectivity index (χ3v) is 4.62. The predicted octanol–water partition coefficient (Wildman–Crippen LogP) is -0.275. The molecule has 0 aromatic carbocycles. The van der Waals surface area contributed by atoms with Crippen LogP contribution in [0.25, 0.3) is 5.82 Å². The van der Waals surface area contributed by atoms with Gasteiger partial charge in [-0.2, -0.15) is 9.78 Å². The van der Waals surface area contributed by atoms with Crippen LogP contribution in [-0.2, 0) is 11.3 Å². The second-order valence-electron chi connectivity index (χ2n) is 6.48. The summed E-state index contributed by atoms with van der Waals surface area (Å²) in [5, 5.41) is 19.7. The van der Waals surface area contributed by atoms with E-state index in [4.69, 9.17) is 10.5 Å². The topological polar surface area (TPSA) is 150 Å². The zero-order valence-corrected chi connectivity index (χ0v) is 14.8. The molecule has 144 valence electrons. The van der Waals surface area contributed by atoms with Crippen LogP contribution in [0.2, 0.25) is 0 Å². The molecule has 1 aliphatic carbocycles. The molecule has 0 bridgehead atoms. The summed E-state index contributed by atoms with van der Waals surface area (Å²) in [6.07, 6.45) is 3.99. The number of carbonyl (C=O) groups excluding carboxylic acids is 1. The highest BCUT2D eigenvalue weighted by molar-refractivity contribution is 5.95. The van der Waals surface area contributed by atoms with Crippen LogP contribution in [0.3, 0.4) is 0 Å². The Morgan fingerprint density at radius 1 is 1.22 bits per heavy atom. The zero-order chi connectivity index (χ0) is 18.6. The minimum absolute atomic E-state index is 0.0222. The second-order valence-corrected chi connectivity index (χ2v) is 6.48. The summed E-state index contributed by atoms with van der Waals surface area (Å²) in [6, 6.07) is 0. The van der Waals surface area contributed by atoms with Gasteiger partial charge in [0.25, 0.3) is 5.91 Å². The number of morpholine rings is 1. The quantitative estimate of drug-likeness (QED) is 0.673. The van der Waals surface area contributed by atoms with Crippen LogP contribution in [0.1, 0.15) is 41.9 Å². The van der Waals surface area contributed by atoms with Crippen molar-refractivity contribution in [3.8, 4) is 5.82 Å². The van der Waals surface area contributed by atoms with Gasteiger partial charge in [0.05, 0.1) is 13.2 Å². The number of nitrogens with two attached hydrogens (primary N) is 1. The van der Waals surface area contributed by atoms with Gasteiger partial charge in [0, 0.05) is 25.3 Å². The largest absolute Gasteiger partial charge is 0.379 e. The highest BCUT2D eigenvalue weighted by Gasteiger charge is 2.27. The molecule has 1 amide bonds. The number of nitrogens with zero attached hydrogens (tertiary/aromatic N) is 7. The number of carbonyl (C=O) groups is 1. The summed E-state index contributed by atoms with van der Waals surface area (Å²) in [5.41, 5.74) is 10.1. The molecule has 2 aromatic rings. The van der Waals surface area contributed by atoms with Gasteiger partial charge in [0.1, 0.15) is 5.69 Å². The van der Waals surface area contributed by atoms with Gasteiger partial charge >= 0.3 is 0 Å². The minimum atomic E-state index is -0.426. The van der Waals surface area contributed by atoms with E-state index in [0.29, 0.717) is 25.5 Å². The van der Waals surface area contributed by atoms with Crippen molar-refractivity contribution >= 4 is 17.4 Å². The number of rotatable bonds is 5. The molecule has 3 N–H and O–H groups in total. The van der Waals surface area contributed by atoms with E-state index in [2.05, 4.69) is 40.7 Å². The van der Waals surface area contributed by atoms with Gasteiger partial charge in [-0.1, -0.05) is 5.21 Å². The van der Waals surface area contributed by atoms with Crippen LogP contribution in [0, 0.1) is 0 Å². The van der Waals surface area contributed by atoms with Crippen molar-refractivity contribution in [2.24, 2.45) is 5.10 Å². The molecule has 27 heavy (non-hydrogen) atoms. The highest BCUT2D eigenvalue weighted by atomic mass is 16.6. The molecule has 1 saturated carbocycles. The van der Waals surface area contributed by atoms with Crippen molar-refractivity contribution < 1.29 is 14.2 Å². The molecule has 3 heterocycles. The molecule has 0 radical (unpaired) electrons. The summed E-state index contributed by atoms with van der Waals surface area (Å²) in [5.74, 6) is -0.284. The van der Waals surface area contributed by atoms with E-state index in [1.165, 1.54) is 4.68 Å². The van der Waals surface area contributed by atoms with E-state index in [1.807, 2.05) is 0 Å². The lowest BCUT2D eigenvalue weighted by molar-refractivity contribution is 0.0335. The van der Waals surface area contributed by atoms with E-state index in [1.54, 1.807) is 0 Å². The lowest BCUT2D eigenvalue weighted by atomic mass is 10.2. The van der Waals surface area contributed by atoms with E-state index >= 15 is 0 Å². The fourth-order valence-electron chi connectivity index (χ4n) is 3.18. The third-order valence-electron chi connectivity index (χ3n) is 4.62. The number of ether oxygens (including phenoxy) is 1. The maximum Gasteiger partial charge on any atom is 0.292 e. The highest BCUT2D eigenvalue weighted by Crippen LogP contribution is 2.18. The van der Waals surface area contributed by atoms with Crippen molar-refractivity contribution in [3.05, 3.63) is 11.4 Å². The van der Waals surface area contributed by atoms with Crippen LogP contribution in [-0.4, -0.2) is 68.1 Å². The fourth-order valence-corrected chi connectivity index (χ4v) is 3.18. The number of aromatic nitrogens is 5. The maximum atomic E-state index is 12.9. The molecule has 0 atom stereocenters. The molecule has 12 heteroatoms. The summed E-state index contributed by atoms with van der Waals surface area (Å²) in [7, 11) is 0. The Morgan fingerprint density at radius 3 is 2.70 bits per heavy atom. The average molecular weight is 375 g/mol. The molecule has 0 unspecified atom stereocenters. The number of anilines is 1. The van der Waals surface area contributed by atoms with Gasteiger partial charge in [0.2, 0.25) is 11.6 Å². The van der Waals surface area contributed by atoms with Crippen molar-refractivity contribution in [2.75, 3.05) is 32.0 Å². The second kappa shape index (κ2) is 7.80.